The van der Waals surface area contributed by atoms with E-state index >= 15 is 0 Å². The van der Waals surface area contributed by atoms with Crippen LogP contribution in [0.4, 0.5) is 11.4 Å². The number of hydrogen-bond acceptors (Lipinski definition) is 8. The fraction of sp³-hybridized carbons (Fsp3) is 0.391. The van der Waals surface area contributed by atoms with Gasteiger partial charge in [0.25, 0.3) is 5.56 Å². The Morgan fingerprint density at radius 2 is 1.82 bits per heavy atom. The lowest BCUT2D eigenvalue weighted by Gasteiger charge is -2.32. The van der Waals surface area contributed by atoms with Crippen molar-refractivity contribution in [1.29, 1.82) is 5.26 Å². The van der Waals surface area contributed by atoms with Gasteiger partial charge in [-0.3, -0.25) is 14.2 Å². The van der Waals surface area contributed by atoms with Crippen molar-refractivity contribution in [2.75, 3.05) is 50.4 Å². The van der Waals surface area contributed by atoms with E-state index < -0.39 is 11.5 Å². The highest BCUT2D eigenvalue weighted by atomic mass is 32.1. The Bertz CT molecular complexity index is 1250. The van der Waals surface area contributed by atoms with Crippen LogP contribution < -0.4 is 25.4 Å². The molecular weight excluding hydrogens is 456 g/mol. The third-order valence-corrected chi connectivity index (χ3v) is 6.68. The number of hydrogen-bond donors (Lipinski definition) is 3. The maximum atomic E-state index is 12.6. The first-order valence-corrected chi connectivity index (χ1v) is 11.8. The van der Waals surface area contributed by atoms with Gasteiger partial charge >= 0.3 is 5.97 Å². The maximum absolute atomic E-state index is 12.6. The number of amides is 1. The highest BCUT2D eigenvalue weighted by molar-refractivity contribution is 7.07. The van der Waals surface area contributed by atoms with Gasteiger partial charge in [0.2, 0.25) is 5.91 Å². The fourth-order valence-corrected chi connectivity index (χ4v) is 4.61. The minimum Gasteiger partial charge on any atom is -0.477 e. The molecule has 0 aliphatic carbocycles. The van der Waals surface area contributed by atoms with Crippen molar-refractivity contribution >= 4 is 46.4 Å². The van der Waals surface area contributed by atoms with E-state index in [-0.39, 0.29) is 27.2 Å². The summed E-state index contributed by atoms with van der Waals surface area (Å²) < 4.78 is 1.67. The van der Waals surface area contributed by atoms with Crippen LogP contribution in [-0.2, 0) is 16.1 Å². The number of aliphatic carboxylic acids is 1. The Hall–Kier alpha value is -3.46. The highest BCUT2D eigenvalue weighted by Crippen LogP contribution is 2.14. The molecule has 11 heteroatoms. The van der Waals surface area contributed by atoms with Crippen LogP contribution in [0.25, 0.3) is 11.8 Å². The number of thiazole rings is 1. The van der Waals surface area contributed by atoms with E-state index in [1.54, 1.807) is 37.3 Å². The van der Waals surface area contributed by atoms with Crippen molar-refractivity contribution in [2.24, 2.45) is 0 Å². The number of aromatic nitrogens is 1. The lowest BCUT2D eigenvalue weighted by Crippen LogP contribution is -2.45. The normalized spacial score (nSPS) is 16.1. The number of nitrogens with zero attached hydrogens (tertiary/aromatic N) is 4. The summed E-state index contributed by atoms with van der Waals surface area (Å²) in [7, 11) is 2.10. The topological polar surface area (TPSA) is 131 Å². The third kappa shape index (κ3) is 6.32. The van der Waals surface area contributed by atoms with Gasteiger partial charge in [-0.05, 0) is 38.2 Å². The number of carboxylic acid groups (broad SMARTS) is 1. The standard InChI is InChI=1S/C23H28N6O4S/c1-3-29-21(31)19(34-22(29)18(14-24)23(32)33)15-25-16-4-6-17(7-5-16)26-20(30)8-9-28-12-10-27(2)11-13-28/h4-7,15,25H,3,8-13H2,1-2H3,(H,26,30)(H,32,33)/b19-15-,22-18-. The molecule has 3 rings (SSSR count). The minimum absolute atomic E-state index is 0.0413. The summed E-state index contributed by atoms with van der Waals surface area (Å²) in [5, 5.41) is 24.3. The van der Waals surface area contributed by atoms with Gasteiger partial charge in [-0.25, -0.2) is 4.79 Å². The Morgan fingerprint density at radius 3 is 2.41 bits per heavy atom. The van der Waals surface area contributed by atoms with E-state index in [9.17, 15) is 19.5 Å². The zero-order valence-corrected chi connectivity index (χ0v) is 20.0. The number of rotatable bonds is 8. The number of piperazine rings is 1. The van der Waals surface area contributed by atoms with Crippen LogP contribution in [0.15, 0.2) is 29.1 Å². The van der Waals surface area contributed by atoms with Crippen molar-refractivity contribution in [3.63, 3.8) is 0 Å². The second-order valence-corrected chi connectivity index (χ2v) is 8.95. The number of anilines is 2. The van der Waals surface area contributed by atoms with Crippen molar-refractivity contribution in [1.82, 2.24) is 14.4 Å². The summed E-state index contributed by atoms with van der Waals surface area (Å²) in [6, 6.07) is 8.72. The molecule has 1 aliphatic heterocycles. The molecule has 180 valence electrons. The van der Waals surface area contributed by atoms with Crippen molar-refractivity contribution in [3.05, 3.63) is 43.8 Å². The third-order valence-electron chi connectivity index (χ3n) is 5.55. The van der Waals surface area contributed by atoms with Crippen LogP contribution in [-0.4, -0.2) is 71.1 Å². The van der Waals surface area contributed by atoms with Gasteiger partial charge in [0.1, 0.15) is 15.3 Å². The summed E-state index contributed by atoms with van der Waals surface area (Å²) >= 11 is 0.948. The van der Waals surface area contributed by atoms with E-state index in [4.69, 9.17) is 5.26 Å². The van der Waals surface area contributed by atoms with Gasteiger partial charge in [0, 0.05) is 63.3 Å². The average molecular weight is 485 g/mol. The molecule has 1 saturated heterocycles. The molecule has 3 N–H and O–H groups in total. The molecule has 1 fully saturated rings. The number of nitriles is 1. The number of carboxylic acids is 1. The van der Waals surface area contributed by atoms with E-state index in [1.807, 2.05) is 0 Å². The van der Waals surface area contributed by atoms with Crippen molar-refractivity contribution < 1.29 is 14.7 Å². The van der Waals surface area contributed by atoms with Crippen LogP contribution in [0.5, 0.6) is 0 Å². The van der Waals surface area contributed by atoms with Crippen LogP contribution in [0.1, 0.15) is 13.3 Å². The largest absolute Gasteiger partial charge is 0.477 e. The smallest absolute Gasteiger partial charge is 0.349 e. The molecule has 1 aliphatic rings. The minimum atomic E-state index is -1.37. The van der Waals surface area contributed by atoms with Crippen molar-refractivity contribution in [3.8, 4) is 6.07 Å². The van der Waals surface area contributed by atoms with E-state index in [2.05, 4.69) is 27.5 Å². The van der Waals surface area contributed by atoms with Gasteiger partial charge < -0.3 is 25.5 Å². The average Bonchev–Trinajstić information content (AvgIpc) is 3.13. The van der Waals surface area contributed by atoms with Gasteiger partial charge in [0.05, 0.1) is 0 Å². The van der Waals surface area contributed by atoms with Crippen LogP contribution in [0, 0.1) is 11.3 Å². The Balaban J connectivity index is 1.63. The fourth-order valence-electron chi connectivity index (χ4n) is 3.53. The Morgan fingerprint density at radius 1 is 1.18 bits per heavy atom. The molecule has 0 atom stereocenters. The predicted octanol–water partition coefficient (Wildman–Crippen LogP) is 0.115. The molecule has 1 aromatic carbocycles. The molecule has 0 spiro atoms. The van der Waals surface area contributed by atoms with E-state index in [1.165, 1.54) is 10.8 Å². The lowest BCUT2D eigenvalue weighted by atomic mass is 10.2. The van der Waals surface area contributed by atoms with Gasteiger partial charge in [-0.15, -0.1) is 11.3 Å². The molecule has 0 saturated carbocycles. The number of carbonyl (C=O) groups is 2. The van der Waals surface area contributed by atoms with Crippen LogP contribution in [0.2, 0.25) is 0 Å². The SMILES string of the molecule is CCn1c(=O)/c(=C/Nc2ccc(NC(=O)CCN3CCN(C)CC3)cc2)s/c1=C(/C#N)C(=O)O. The maximum Gasteiger partial charge on any atom is 0.349 e. The molecule has 0 unspecified atom stereocenters. The predicted molar refractivity (Wildman–Crippen MR) is 132 cm³/mol. The second-order valence-electron chi connectivity index (χ2n) is 7.92. The molecule has 1 aromatic heterocycles. The summed E-state index contributed by atoms with van der Waals surface area (Å²) in [5.41, 5.74) is 0.538. The first-order chi connectivity index (χ1) is 16.3. The summed E-state index contributed by atoms with van der Waals surface area (Å²) in [6.07, 6.45) is 1.92. The monoisotopic (exact) mass is 484 g/mol. The quantitative estimate of drug-likeness (QED) is 0.482. The molecule has 34 heavy (non-hydrogen) atoms. The molecule has 1 amide bonds. The van der Waals surface area contributed by atoms with E-state index in [0.717, 1.165) is 44.1 Å². The Kier molecular flexibility index (Phi) is 8.59. The zero-order valence-electron chi connectivity index (χ0n) is 19.2. The first-order valence-electron chi connectivity index (χ1n) is 11.0. The highest BCUT2D eigenvalue weighted by Gasteiger charge is 2.15. The number of benzene rings is 1. The van der Waals surface area contributed by atoms with Crippen LogP contribution in [0.3, 0.4) is 0 Å². The first kappa shape index (κ1) is 25.2. The van der Waals surface area contributed by atoms with Gasteiger partial charge in [0.15, 0.2) is 5.57 Å². The number of likely N-dealkylation sites (N-methyl/N-ethyl adjacent to an activating group) is 1. The molecule has 10 nitrogen and oxygen atoms in total. The van der Waals surface area contributed by atoms with Gasteiger partial charge in [-0.1, -0.05) is 0 Å². The summed E-state index contributed by atoms with van der Waals surface area (Å²) in [6.45, 7) is 6.68. The van der Waals surface area contributed by atoms with Crippen molar-refractivity contribution in [2.45, 2.75) is 19.9 Å². The van der Waals surface area contributed by atoms with E-state index in [0.29, 0.717) is 17.8 Å². The molecule has 0 bridgehead atoms. The Labute approximate surface area is 201 Å². The zero-order chi connectivity index (χ0) is 24.7. The molecule has 2 aromatic rings. The summed E-state index contributed by atoms with van der Waals surface area (Å²) in [4.78, 5) is 40.7. The molecule has 0 radical (unpaired) electrons. The number of nitrogens with one attached hydrogen (secondary N) is 2. The van der Waals surface area contributed by atoms with Gasteiger partial charge in [-0.2, -0.15) is 5.26 Å². The van der Waals surface area contributed by atoms with Crippen LogP contribution >= 0.6 is 11.3 Å². The number of carbonyl (C=O) groups excluding carboxylic acids is 1. The molecular formula is C23H28N6O4S. The lowest BCUT2D eigenvalue weighted by molar-refractivity contribution is -0.130. The summed E-state index contributed by atoms with van der Waals surface area (Å²) in [5.74, 6) is -1.41. The molecule has 2 heterocycles. The second kappa shape index (κ2) is 11.6.